The van der Waals surface area contributed by atoms with Gasteiger partial charge in [-0.15, -0.1) is 12.4 Å². The predicted molar refractivity (Wildman–Crippen MR) is 96.2 cm³/mol. The third-order valence-corrected chi connectivity index (χ3v) is 4.90. The Morgan fingerprint density at radius 1 is 1.29 bits per heavy atom. The SMILES string of the molecule is CCN[C@H](C)CNC(=O)C(C)N=C1NS(=O)(=O)c2ccccc21.Cl. The lowest BCUT2D eigenvalue weighted by atomic mass is 10.2. The maximum atomic E-state index is 12.1. The number of carbonyl (C=O) groups excluding carboxylic acids is 1. The number of hydrogen-bond acceptors (Lipinski definition) is 5. The smallest absolute Gasteiger partial charge is 0.263 e. The van der Waals surface area contributed by atoms with Crippen LogP contribution >= 0.6 is 12.4 Å². The molecule has 0 saturated carbocycles. The van der Waals surface area contributed by atoms with Gasteiger partial charge in [-0.1, -0.05) is 19.1 Å². The van der Waals surface area contributed by atoms with E-state index in [-0.39, 0.29) is 35.1 Å². The van der Waals surface area contributed by atoms with Crippen LogP contribution in [0.1, 0.15) is 26.3 Å². The summed E-state index contributed by atoms with van der Waals surface area (Å²) in [5.74, 6) is -0.0335. The number of hydrogen-bond donors (Lipinski definition) is 3. The summed E-state index contributed by atoms with van der Waals surface area (Å²) in [4.78, 5) is 16.5. The van der Waals surface area contributed by atoms with Gasteiger partial charge in [-0.3, -0.25) is 14.5 Å². The van der Waals surface area contributed by atoms with E-state index < -0.39 is 16.1 Å². The molecule has 2 rings (SSSR count). The Kier molecular flexibility index (Phi) is 7.19. The molecule has 0 aliphatic carbocycles. The fourth-order valence-electron chi connectivity index (χ4n) is 2.30. The average Bonchev–Trinajstić information content (AvgIpc) is 2.76. The molecule has 9 heteroatoms. The van der Waals surface area contributed by atoms with Gasteiger partial charge in [0.05, 0.1) is 4.90 Å². The highest BCUT2D eigenvalue weighted by molar-refractivity contribution is 7.90. The summed E-state index contributed by atoms with van der Waals surface area (Å²) < 4.78 is 26.4. The fraction of sp³-hybridized carbons (Fsp3) is 0.467. The molecule has 0 spiro atoms. The van der Waals surface area contributed by atoms with Crippen LogP contribution in [0.5, 0.6) is 0 Å². The van der Waals surface area contributed by atoms with E-state index in [0.717, 1.165) is 6.54 Å². The maximum Gasteiger partial charge on any atom is 0.263 e. The highest BCUT2D eigenvalue weighted by Crippen LogP contribution is 2.22. The number of aliphatic imine (C=N–C) groups is 1. The molecule has 1 heterocycles. The van der Waals surface area contributed by atoms with Crippen molar-refractivity contribution in [2.75, 3.05) is 13.1 Å². The van der Waals surface area contributed by atoms with E-state index >= 15 is 0 Å². The molecule has 1 aromatic rings. The third kappa shape index (κ3) is 4.68. The van der Waals surface area contributed by atoms with Crippen LogP contribution < -0.4 is 15.4 Å². The Balaban J connectivity index is 0.00000288. The van der Waals surface area contributed by atoms with Crippen molar-refractivity contribution in [3.05, 3.63) is 29.8 Å². The first-order chi connectivity index (χ1) is 10.8. The molecule has 24 heavy (non-hydrogen) atoms. The monoisotopic (exact) mass is 374 g/mol. The van der Waals surface area contributed by atoms with E-state index in [4.69, 9.17) is 0 Å². The average molecular weight is 375 g/mol. The molecular weight excluding hydrogens is 352 g/mol. The molecule has 7 nitrogen and oxygen atoms in total. The number of nitrogens with one attached hydrogen (secondary N) is 3. The molecule has 2 atom stereocenters. The van der Waals surface area contributed by atoms with Crippen molar-refractivity contribution in [2.24, 2.45) is 4.99 Å². The van der Waals surface area contributed by atoms with Crippen LogP contribution in [-0.4, -0.2) is 45.3 Å². The van der Waals surface area contributed by atoms with E-state index in [1.807, 2.05) is 13.8 Å². The molecular formula is C15H23ClN4O3S. The van der Waals surface area contributed by atoms with Crippen molar-refractivity contribution in [3.8, 4) is 0 Å². The molecule has 1 aromatic carbocycles. The Morgan fingerprint density at radius 2 is 1.96 bits per heavy atom. The van der Waals surface area contributed by atoms with Gasteiger partial charge in [-0.25, -0.2) is 8.42 Å². The van der Waals surface area contributed by atoms with Crippen molar-refractivity contribution in [1.82, 2.24) is 15.4 Å². The number of sulfonamides is 1. The van der Waals surface area contributed by atoms with Crippen LogP contribution in [0.3, 0.4) is 0 Å². The van der Waals surface area contributed by atoms with Crippen molar-refractivity contribution in [3.63, 3.8) is 0 Å². The second kappa shape index (κ2) is 8.46. The molecule has 3 N–H and O–H groups in total. The lowest BCUT2D eigenvalue weighted by molar-refractivity contribution is -0.122. The van der Waals surface area contributed by atoms with Crippen LogP contribution in [0, 0.1) is 0 Å². The van der Waals surface area contributed by atoms with Gasteiger partial charge in [-0.2, -0.15) is 0 Å². The zero-order valence-corrected chi connectivity index (χ0v) is 15.5. The molecule has 0 fully saturated rings. The van der Waals surface area contributed by atoms with Crippen molar-refractivity contribution in [2.45, 2.75) is 37.8 Å². The summed E-state index contributed by atoms with van der Waals surface area (Å²) in [6, 6.07) is 6.05. The third-order valence-electron chi connectivity index (χ3n) is 3.50. The van der Waals surface area contributed by atoms with E-state index in [0.29, 0.717) is 12.1 Å². The molecule has 0 aromatic heterocycles. The number of benzene rings is 1. The lowest BCUT2D eigenvalue weighted by Crippen LogP contribution is -2.42. The van der Waals surface area contributed by atoms with Gasteiger partial charge in [-0.05, 0) is 32.5 Å². The van der Waals surface area contributed by atoms with Crippen LogP contribution in [0.2, 0.25) is 0 Å². The van der Waals surface area contributed by atoms with Gasteiger partial charge in [0, 0.05) is 18.2 Å². The normalized spacial score (nSPS) is 18.9. The summed E-state index contributed by atoms with van der Waals surface area (Å²) in [5.41, 5.74) is 0.494. The van der Waals surface area contributed by atoms with E-state index in [9.17, 15) is 13.2 Å². The molecule has 1 aliphatic rings. The molecule has 0 saturated heterocycles. The first-order valence-corrected chi connectivity index (χ1v) is 9.04. The lowest BCUT2D eigenvalue weighted by Gasteiger charge is -2.15. The summed E-state index contributed by atoms with van der Waals surface area (Å²) in [5, 5.41) is 5.99. The first kappa shape index (κ1) is 20.4. The molecule has 1 aliphatic heterocycles. The Bertz CT molecular complexity index is 721. The van der Waals surface area contributed by atoms with Gasteiger partial charge >= 0.3 is 0 Å². The largest absolute Gasteiger partial charge is 0.353 e. The highest BCUT2D eigenvalue weighted by atomic mass is 35.5. The van der Waals surface area contributed by atoms with Crippen molar-refractivity contribution < 1.29 is 13.2 Å². The summed E-state index contributed by atoms with van der Waals surface area (Å²) in [6.45, 7) is 6.92. The Morgan fingerprint density at radius 3 is 2.62 bits per heavy atom. The van der Waals surface area contributed by atoms with Gasteiger partial charge in [0.25, 0.3) is 10.0 Å². The second-order valence-electron chi connectivity index (χ2n) is 5.46. The molecule has 0 radical (unpaired) electrons. The number of likely N-dealkylation sites (N-methyl/N-ethyl adjacent to an activating group) is 1. The standard InChI is InChI=1S/C15H22N4O3S.ClH/c1-4-16-10(2)9-17-15(20)11(3)18-14-12-7-5-6-8-13(12)23(21,22)19-14;/h5-8,10-11,16H,4,9H2,1-3H3,(H,17,20)(H,18,19);1H/t10-,11?;/m1./s1. The van der Waals surface area contributed by atoms with Crippen LogP contribution in [0.15, 0.2) is 34.2 Å². The Hall–Kier alpha value is -1.64. The van der Waals surface area contributed by atoms with E-state index in [2.05, 4.69) is 20.3 Å². The number of nitrogens with zero attached hydrogens (tertiary/aromatic N) is 1. The quantitative estimate of drug-likeness (QED) is 0.680. The summed E-state index contributed by atoms with van der Waals surface area (Å²) >= 11 is 0. The number of fused-ring (bicyclic) bond motifs is 1. The maximum absolute atomic E-state index is 12.1. The van der Waals surface area contributed by atoms with Crippen LogP contribution in [0.4, 0.5) is 0 Å². The minimum Gasteiger partial charge on any atom is -0.353 e. The van der Waals surface area contributed by atoms with Gasteiger partial charge < -0.3 is 10.6 Å². The summed E-state index contributed by atoms with van der Waals surface area (Å²) in [6.07, 6.45) is 0. The number of carbonyl (C=O) groups is 1. The number of amides is 1. The van der Waals surface area contributed by atoms with E-state index in [1.54, 1.807) is 25.1 Å². The topological polar surface area (TPSA) is 99.7 Å². The molecule has 1 amide bonds. The minimum absolute atomic E-state index is 0. The molecule has 0 bridgehead atoms. The summed E-state index contributed by atoms with van der Waals surface area (Å²) in [7, 11) is -3.58. The number of amidine groups is 1. The highest BCUT2D eigenvalue weighted by Gasteiger charge is 2.31. The van der Waals surface area contributed by atoms with Crippen molar-refractivity contribution in [1.29, 1.82) is 0 Å². The van der Waals surface area contributed by atoms with Gasteiger partial charge in [0.15, 0.2) is 0 Å². The number of halogens is 1. The molecule has 1 unspecified atom stereocenters. The first-order valence-electron chi connectivity index (χ1n) is 7.56. The minimum atomic E-state index is -3.58. The van der Waals surface area contributed by atoms with Crippen molar-refractivity contribution >= 4 is 34.2 Å². The Labute approximate surface area is 148 Å². The van der Waals surface area contributed by atoms with E-state index in [1.165, 1.54) is 6.07 Å². The predicted octanol–water partition coefficient (Wildman–Crippen LogP) is 0.650. The molecule has 134 valence electrons. The second-order valence-corrected chi connectivity index (χ2v) is 7.11. The van der Waals surface area contributed by atoms with Crippen LogP contribution in [-0.2, 0) is 14.8 Å². The van der Waals surface area contributed by atoms with Gasteiger partial charge in [0.1, 0.15) is 11.9 Å². The zero-order chi connectivity index (χ0) is 17.0. The van der Waals surface area contributed by atoms with Gasteiger partial charge in [0.2, 0.25) is 5.91 Å². The van der Waals surface area contributed by atoms with Crippen LogP contribution in [0.25, 0.3) is 0 Å². The number of rotatable bonds is 6. The fourth-order valence-corrected chi connectivity index (χ4v) is 3.54. The zero-order valence-electron chi connectivity index (χ0n) is 13.9.